The smallest absolute Gasteiger partial charge is 0.336 e. The van der Waals surface area contributed by atoms with Gasteiger partial charge in [0.2, 0.25) is 5.91 Å². The fourth-order valence-electron chi connectivity index (χ4n) is 3.72. The average molecular weight is 500 g/mol. The Morgan fingerprint density at radius 2 is 1.82 bits per heavy atom. The molecule has 0 unspecified atom stereocenters. The van der Waals surface area contributed by atoms with E-state index in [1.165, 1.54) is 36.2 Å². The van der Waals surface area contributed by atoms with E-state index >= 15 is 0 Å². The number of hydrogen-bond donors (Lipinski definition) is 1. The minimum Gasteiger partial charge on any atom is -0.495 e. The first-order chi connectivity index (χ1) is 16.3. The molecule has 0 atom stereocenters. The number of ether oxygens (including phenoxy) is 2. The lowest BCUT2D eigenvalue weighted by Crippen LogP contribution is -2.40. The van der Waals surface area contributed by atoms with Crippen LogP contribution in [-0.2, 0) is 11.3 Å². The average Bonchev–Trinajstić information content (AvgIpc) is 3.30. The summed E-state index contributed by atoms with van der Waals surface area (Å²) in [5.74, 6) is 0.261. The molecule has 0 fully saturated rings. The molecule has 0 bridgehead atoms. The van der Waals surface area contributed by atoms with E-state index in [2.05, 4.69) is 5.32 Å². The van der Waals surface area contributed by atoms with Crippen LogP contribution in [0, 0.1) is 13.8 Å². The first-order valence-corrected chi connectivity index (χ1v) is 11.5. The summed E-state index contributed by atoms with van der Waals surface area (Å²) in [6, 6.07) is 10.2. The molecule has 0 aliphatic rings. The Balaban J connectivity index is 1.79. The van der Waals surface area contributed by atoms with Gasteiger partial charge in [0, 0.05) is 6.07 Å². The summed E-state index contributed by atoms with van der Waals surface area (Å²) in [7, 11) is 2.93. The highest BCUT2D eigenvalue weighted by molar-refractivity contribution is 7.17. The van der Waals surface area contributed by atoms with Crippen molar-refractivity contribution in [2.24, 2.45) is 0 Å². The zero-order valence-corrected chi connectivity index (χ0v) is 20.5. The minimum atomic E-state index is -0.598. The number of hydrogen-bond acceptors (Lipinski definition) is 6. The third-order valence-electron chi connectivity index (χ3n) is 5.62. The third kappa shape index (κ3) is 4.08. The molecule has 0 radical (unpaired) electrons. The van der Waals surface area contributed by atoms with E-state index in [1.54, 1.807) is 29.6 Å². The number of aryl methyl sites for hydroxylation is 1. The number of carbonyl (C=O) groups is 1. The van der Waals surface area contributed by atoms with Gasteiger partial charge in [-0.2, -0.15) is 0 Å². The number of thiophene rings is 1. The van der Waals surface area contributed by atoms with Crippen molar-refractivity contribution >= 4 is 44.7 Å². The van der Waals surface area contributed by atoms with Crippen LogP contribution in [0.2, 0.25) is 5.02 Å². The van der Waals surface area contributed by atoms with Crippen LogP contribution in [0.5, 0.6) is 11.5 Å². The highest BCUT2D eigenvalue weighted by atomic mass is 35.5. The van der Waals surface area contributed by atoms with Gasteiger partial charge in [-0.1, -0.05) is 23.7 Å². The van der Waals surface area contributed by atoms with Crippen LogP contribution in [0.25, 0.3) is 15.9 Å². The van der Waals surface area contributed by atoms with Crippen molar-refractivity contribution in [1.82, 2.24) is 9.13 Å². The zero-order chi connectivity index (χ0) is 24.6. The van der Waals surface area contributed by atoms with Gasteiger partial charge in [0.15, 0.2) is 0 Å². The molecule has 4 rings (SSSR count). The fraction of sp³-hybridized carbons (Fsp3) is 0.208. The van der Waals surface area contributed by atoms with Crippen molar-refractivity contribution < 1.29 is 14.3 Å². The molecule has 2 heterocycles. The summed E-state index contributed by atoms with van der Waals surface area (Å²) >= 11 is 7.42. The molecule has 0 aliphatic heterocycles. The molecule has 8 nitrogen and oxygen atoms in total. The Labute approximate surface area is 203 Å². The number of anilines is 1. The predicted octanol–water partition coefficient (Wildman–Crippen LogP) is 4.14. The quantitative estimate of drug-likeness (QED) is 0.430. The summed E-state index contributed by atoms with van der Waals surface area (Å²) in [6.07, 6.45) is 0. The Morgan fingerprint density at radius 1 is 1.09 bits per heavy atom. The second-order valence-corrected chi connectivity index (χ2v) is 8.92. The van der Waals surface area contributed by atoms with Crippen molar-refractivity contribution in [3.8, 4) is 17.2 Å². The number of nitrogens with one attached hydrogen (secondary N) is 1. The van der Waals surface area contributed by atoms with Gasteiger partial charge in [0.25, 0.3) is 5.56 Å². The van der Waals surface area contributed by atoms with E-state index in [0.29, 0.717) is 38.1 Å². The maximum Gasteiger partial charge on any atom is 0.336 e. The topological polar surface area (TPSA) is 91.6 Å². The number of carbonyl (C=O) groups excluding carboxylic acids is 1. The first kappa shape index (κ1) is 23.6. The molecule has 0 aliphatic carbocycles. The molecule has 0 saturated carbocycles. The lowest BCUT2D eigenvalue weighted by atomic mass is 10.1. The van der Waals surface area contributed by atoms with Crippen molar-refractivity contribution in [3.63, 3.8) is 0 Å². The lowest BCUT2D eigenvalue weighted by molar-refractivity contribution is -0.116. The van der Waals surface area contributed by atoms with Gasteiger partial charge in [-0.15, -0.1) is 11.3 Å². The number of halogens is 1. The largest absolute Gasteiger partial charge is 0.495 e. The van der Waals surface area contributed by atoms with Crippen LogP contribution in [0.15, 0.2) is 51.4 Å². The van der Waals surface area contributed by atoms with Crippen LogP contribution >= 0.6 is 22.9 Å². The monoisotopic (exact) mass is 499 g/mol. The zero-order valence-electron chi connectivity index (χ0n) is 19.0. The van der Waals surface area contributed by atoms with E-state index in [-0.39, 0.29) is 6.54 Å². The number of benzene rings is 2. The fourth-order valence-corrected chi connectivity index (χ4v) is 4.79. The summed E-state index contributed by atoms with van der Waals surface area (Å²) in [4.78, 5) is 39.7. The predicted molar refractivity (Wildman–Crippen MR) is 134 cm³/mol. The molecule has 2 aromatic carbocycles. The van der Waals surface area contributed by atoms with Crippen molar-refractivity contribution in [1.29, 1.82) is 0 Å². The Morgan fingerprint density at radius 3 is 2.53 bits per heavy atom. The second-order valence-electron chi connectivity index (χ2n) is 7.60. The molecular formula is C24H22ClN3O5S. The highest BCUT2D eigenvalue weighted by Crippen LogP contribution is 2.35. The maximum absolute atomic E-state index is 13.5. The normalized spacial score (nSPS) is 11.0. The third-order valence-corrected chi connectivity index (χ3v) is 6.81. The van der Waals surface area contributed by atoms with E-state index in [0.717, 1.165) is 15.7 Å². The Bertz CT molecular complexity index is 1540. The molecule has 10 heteroatoms. The van der Waals surface area contributed by atoms with Crippen molar-refractivity contribution in [2.75, 3.05) is 19.5 Å². The summed E-state index contributed by atoms with van der Waals surface area (Å²) in [5.41, 5.74) is 1.97. The van der Waals surface area contributed by atoms with E-state index in [1.807, 2.05) is 19.9 Å². The summed E-state index contributed by atoms with van der Waals surface area (Å²) in [6.45, 7) is 3.45. The number of aromatic nitrogens is 2. The summed E-state index contributed by atoms with van der Waals surface area (Å²) < 4.78 is 13.3. The number of amides is 1. The van der Waals surface area contributed by atoms with Crippen LogP contribution < -0.4 is 26.0 Å². The van der Waals surface area contributed by atoms with Gasteiger partial charge in [0.1, 0.15) is 22.7 Å². The SMILES string of the molecule is COc1cc(OC)c(NC(=O)Cn2c(=O)n(-c3cccc(C)c3C)c(=O)c3sccc32)cc1Cl. The number of methoxy groups -OCH3 is 2. The molecule has 34 heavy (non-hydrogen) atoms. The van der Waals surface area contributed by atoms with Gasteiger partial charge in [-0.05, 0) is 48.6 Å². The second kappa shape index (κ2) is 9.36. The molecule has 1 N–H and O–H groups in total. The van der Waals surface area contributed by atoms with Gasteiger partial charge in [-0.25, -0.2) is 9.36 Å². The molecule has 176 valence electrons. The Hall–Kier alpha value is -3.56. The van der Waals surface area contributed by atoms with Crippen LogP contribution in [0.3, 0.4) is 0 Å². The maximum atomic E-state index is 13.5. The van der Waals surface area contributed by atoms with Crippen LogP contribution in [-0.4, -0.2) is 29.3 Å². The molecule has 0 saturated heterocycles. The minimum absolute atomic E-state index is 0.291. The number of rotatable bonds is 6. The van der Waals surface area contributed by atoms with Gasteiger partial charge in [-0.3, -0.25) is 14.2 Å². The standard InChI is InChI=1S/C24H22ClN3O5S/c1-13-6-5-7-17(14(13)2)28-23(30)22-18(8-9-34-22)27(24(28)31)12-21(29)26-16-10-15(25)19(32-3)11-20(16)33-4/h5-11H,12H2,1-4H3,(H,26,29). The van der Waals surface area contributed by atoms with Crippen LogP contribution in [0.1, 0.15) is 11.1 Å². The Kier molecular flexibility index (Phi) is 6.49. The van der Waals surface area contributed by atoms with Crippen LogP contribution in [0.4, 0.5) is 5.69 Å². The van der Waals surface area contributed by atoms with E-state index < -0.39 is 17.2 Å². The molecule has 2 aromatic heterocycles. The highest BCUT2D eigenvalue weighted by Gasteiger charge is 2.20. The van der Waals surface area contributed by atoms with Crippen molar-refractivity contribution in [2.45, 2.75) is 20.4 Å². The first-order valence-electron chi connectivity index (χ1n) is 10.3. The van der Waals surface area contributed by atoms with Gasteiger partial charge < -0.3 is 14.8 Å². The van der Waals surface area contributed by atoms with E-state index in [9.17, 15) is 14.4 Å². The number of fused-ring (bicyclic) bond motifs is 1. The van der Waals surface area contributed by atoms with Gasteiger partial charge in [0.05, 0.1) is 36.1 Å². The van der Waals surface area contributed by atoms with E-state index in [4.69, 9.17) is 21.1 Å². The molecule has 1 amide bonds. The summed E-state index contributed by atoms with van der Waals surface area (Å²) in [5, 5.41) is 4.75. The molecular weight excluding hydrogens is 478 g/mol. The molecule has 0 spiro atoms. The van der Waals surface area contributed by atoms with Gasteiger partial charge >= 0.3 is 5.69 Å². The molecule has 4 aromatic rings. The lowest BCUT2D eigenvalue weighted by Gasteiger charge is -2.16. The van der Waals surface area contributed by atoms with Crippen molar-refractivity contribution in [3.05, 3.63) is 78.8 Å². The number of nitrogens with zero attached hydrogens (tertiary/aromatic N) is 2.